The van der Waals surface area contributed by atoms with Crippen LogP contribution in [0.2, 0.25) is 0 Å². The highest BCUT2D eigenvalue weighted by Crippen LogP contribution is 2.30. The molecule has 1 aromatic carbocycles. The van der Waals surface area contributed by atoms with Crippen molar-refractivity contribution in [3.8, 4) is 22.4 Å². The predicted molar refractivity (Wildman–Crippen MR) is 77.9 cm³/mol. The lowest BCUT2D eigenvalue weighted by molar-refractivity contribution is 0.269. The largest absolute Gasteiger partial charge is 0.394 e. The molecule has 2 heterocycles. The maximum absolute atomic E-state index is 13.1. The van der Waals surface area contributed by atoms with Crippen LogP contribution in [0.5, 0.6) is 0 Å². The number of rotatable bonds is 4. The Bertz CT molecular complexity index is 723. The van der Waals surface area contributed by atoms with Crippen LogP contribution in [-0.2, 0) is 6.54 Å². The van der Waals surface area contributed by atoms with Gasteiger partial charge in [0.25, 0.3) is 0 Å². The van der Waals surface area contributed by atoms with E-state index in [0.29, 0.717) is 6.54 Å². The SMILES string of the molecule is OCCn1cc(-c2ccncc2)c(-c2ccc(F)cc2)n1. The van der Waals surface area contributed by atoms with Crippen LogP contribution in [0.3, 0.4) is 0 Å². The number of pyridine rings is 1. The molecule has 3 aromatic rings. The molecule has 0 radical (unpaired) electrons. The average Bonchev–Trinajstić information content (AvgIpc) is 2.93. The predicted octanol–water partition coefficient (Wildman–Crippen LogP) is 2.74. The maximum Gasteiger partial charge on any atom is 0.123 e. The van der Waals surface area contributed by atoms with Gasteiger partial charge in [0.05, 0.1) is 13.2 Å². The molecule has 106 valence electrons. The van der Waals surface area contributed by atoms with Crippen LogP contribution in [-0.4, -0.2) is 26.5 Å². The van der Waals surface area contributed by atoms with Gasteiger partial charge >= 0.3 is 0 Å². The van der Waals surface area contributed by atoms with Gasteiger partial charge in [-0.2, -0.15) is 5.10 Å². The molecule has 0 unspecified atom stereocenters. The third-order valence-electron chi connectivity index (χ3n) is 3.20. The van der Waals surface area contributed by atoms with Crippen molar-refractivity contribution in [3.05, 3.63) is 60.8 Å². The van der Waals surface area contributed by atoms with Crippen LogP contribution in [0.1, 0.15) is 0 Å². The van der Waals surface area contributed by atoms with Crippen molar-refractivity contribution >= 4 is 0 Å². The van der Waals surface area contributed by atoms with Crippen molar-refractivity contribution in [3.63, 3.8) is 0 Å². The van der Waals surface area contributed by atoms with E-state index in [1.807, 2.05) is 18.3 Å². The first kappa shape index (κ1) is 13.5. The van der Waals surface area contributed by atoms with Gasteiger partial charge in [0.1, 0.15) is 11.5 Å². The summed E-state index contributed by atoms with van der Waals surface area (Å²) in [4.78, 5) is 4.01. The Morgan fingerprint density at radius 1 is 1.00 bits per heavy atom. The van der Waals surface area contributed by atoms with E-state index >= 15 is 0 Å². The Kier molecular flexibility index (Phi) is 3.75. The summed E-state index contributed by atoms with van der Waals surface area (Å²) in [5.41, 5.74) is 3.50. The average molecular weight is 283 g/mol. The molecule has 3 rings (SSSR count). The summed E-state index contributed by atoms with van der Waals surface area (Å²) in [5.74, 6) is -0.279. The standard InChI is InChI=1S/C16H14FN3O/c17-14-3-1-13(2-4-14)16-15(11-20(19-16)9-10-21)12-5-7-18-8-6-12/h1-8,11,21H,9-10H2. The molecule has 0 bridgehead atoms. The second-order valence-corrected chi connectivity index (χ2v) is 4.62. The molecule has 21 heavy (non-hydrogen) atoms. The number of hydrogen-bond donors (Lipinski definition) is 1. The molecule has 0 aliphatic rings. The van der Waals surface area contributed by atoms with E-state index in [0.717, 1.165) is 22.4 Å². The molecular weight excluding hydrogens is 269 g/mol. The molecule has 2 aromatic heterocycles. The maximum atomic E-state index is 13.1. The van der Waals surface area contributed by atoms with Crippen LogP contribution in [0, 0.1) is 5.82 Å². The molecule has 0 saturated heterocycles. The minimum absolute atomic E-state index is 0.0142. The summed E-state index contributed by atoms with van der Waals surface area (Å²) in [5, 5.41) is 13.6. The molecule has 5 heteroatoms. The normalized spacial score (nSPS) is 10.8. The van der Waals surface area contributed by atoms with E-state index in [2.05, 4.69) is 10.1 Å². The first-order valence-corrected chi connectivity index (χ1v) is 6.62. The van der Waals surface area contributed by atoms with Gasteiger partial charge in [-0.25, -0.2) is 4.39 Å². The molecule has 0 atom stereocenters. The van der Waals surface area contributed by atoms with E-state index in [4.69, 9.17) is 5.11 Å². The van der Waals surface area contributed by atoms with Crippen molar-refractivity contribution in [2.75, 3.05) is 6.61 Å². The zero-order chi connectivity index (χ0) is 14.7. The highest BCUT2D eigenvalue weighted by Gasteiger charge is 2.13. The number of nitrogens with zero attached hydrogens (tertiary/aromatic N) is 3. The number of halogens is 1. The van der Waals surface area contributed by atoms with Gasteiger partial charge in [0.15, 0.2) is 0 Å². The van der Waals surface area contributed by atoms with Crippen LogP contribution in [0.15, 0.2) is 55.0 Å². The monoisotopic (exact) mass is 283 g/mol. The van der Waals surface area contributed by atoms with E-state index in [1.54, 1.807) is 29.2 Å². The van der Waals surface area contributed by atoms with Gasteiger partial charge in [-0.05, 0) is 42.0 Å². The summed E-state index contributed by atoms with van der Waals surface area (Å²) < 4.78 is 14.8. The lowest BCUT2D eigenvalue weighted by atomic mass is 10.0. The Morgan fingerprint density at radius 3 is 2.38 bits per heavy atom. The van der Waals surface area contributed by atoms with E-state index in [9.17, 15) is 4.39 Å². The van der Waals surface area contributed by atoms with Crippen molar-refractivity contribution in [1.82, 2.24) is 14.8 Å². The fraction of sp³-hybridized carbons (Fsp3) is 0.125. The molecular formula is C16H14FN3O. The van der Waals surface area contributed by atoms with Gasteiger partial charge < -0.3 is 5.11 Å². The van der Waals surface area contributed by atoms with Crippen LogP contribution < -0.4 is 0 Å². The quantitative estimate of drug-likeness (QED) is 0.801. The first-order chi connectivity index (χ1) is 10.3. The van der Waals surface area contributed by atoms with Crippen LogP contribution in [0.25, 0.3) is 22.4 Å². The molecule has 0 saturated carbocycles. The van der Waals surface area contributed by atoms with Crippen LogP contribution >= 0.6 is 0 Å². The highest BCUT2D eigenvalue weighted by molar-refractivity contribution is 5.80. The first-order valence-electron chi connectivity index (χ1n) is 6.62. The third kappa shape index (κ3) is 2.83. The number of benzene rings is 1. The van der Waals surface area contributed by atoms with Crippen LogP contribution in [0.4, 0.5) is 4.39 Å². The van der Waals surface area contributed by atoms with Crippen molar-refractivity contribution in [2.24, 2.45) is 0 Å². The molecule has 1 N–H and O–H groups in total. The minimum atomic E-state index is -0.279. The van der Waals surface area contributed by atoms with Crippen molar-refractivity contribution in [1.29, 1.82) is 0 Å². The molecule has 4 nitrogen and oxygen atoms in total. The van der Waals surface area contributed by atoms with Gasteiger partial charge in [0, 0.05) is 29.7 Å². The van der Waals surface area contributed by atoms with Crippen molar-refractivity contribution < 1.29 is 9.50 Å². The zero-order valence-electron chi connectivity index (χ0n) is 11.3. The lowest BCUT2D eigenvalue weighted by Crippen LogP contribution is -2.02. The summed E-state index contributed by atoms with van der Waals surface area (Å²) in [7, 11) is 0. The lowest BCUT2D eigenvalue weighted by Gasteiger charge is -2.02. The number of aromatic nitrogens is 3. The van der Waals surface area contributed by atoms with Gasteiger partial charge in [-0.3, -0.25) is 9.67 Å². The number of aliphatic hydroxyl groups is 1. The minimum Gasteiger partial charge on any atom is -0.394 e. The fourth-order valence-corrected chi connectivity index (χ4v) is 2.20. The van der Waals surface area contributed by atoms with E-state index in [1.165, 1.54) is 12.1 Å². The summed E-state index contributed by atoms with van der Waals surface area (Å²) in [6, 6.07) is 10.0. The van der Waals surface area contributed by atoms with E-state index in [-0.39, 0.29) is 12.4 Å². The molecule has 0 amide bonds. The third-order valence-corrected chi connectivity index (χ3v) is 3.20. The molecule has 0 fully saturated rings. The number of aliphatic hydroxyl groups excluding tert-OH is 1. The zero-order valence-corrected chi connectivity index (χ0v) is 11.3. The fourth-order valence-electron chi connectivity index (χ4n) is 2.20. The topological polar surface area (TPSA) is 50.9 Å². The summed E-state index contributed by atoms with van der Waals surface area (Å²) in [6.45, 7) is 0.430. The molecule has 0 spiro atoms. The van der Waals surface area contributed by atoms with Crippen molar-refractivity contribution in [2.45, 2.75) is 6.54 Å². The Hall–Kier alpha value is -2.53. The van der Waals surface area contributed by atoms with Gasteiger partial charge in [0.2, 0.25) is 0 Å². The summed E-state index contributed by atoms with van der Waals surface area (Å²) >= 11 is 0. The summed E-state index contributed by atoms with van der Waals surface area (Å²) in [6.07, 6.45) is 5.31. The van der Waals surface area contributed by atoms with Gasteiger partial charge in [-0.15, -0.1) is 0 Å². The van der Waals surface area contributed by atoms with E-state index < -0.39 is 0 Å². The number of hydrogen-bond acceptors (Lipinski definition) is 3. The second-order valence-electron chi connectivity index (χ2n) is 4.62. The Labute approximate surface area is 121 Å². The Morgan fingerprint density at radius 2 is 1.71 bits per heavy atom. The molecule has 0 aliphatic carbocycles. The highest BCUT2D eigenvalue weighted by atomic mass is 19.1. The second kappa shape index (κ2) is 5.85. The van der Waals surface area contributed by atoms with Gasteiger partial charge in [-0.1, -0.05) is 0 Å². The smallest absolute Gasteiger partial charge is 0.123 e. The molecule has 0 aliphatic heterocycles. The Balaban J connectivity index is 2.11.